The van der Waals surface area contributed by atoms with Gasteiger partial charge in [0.25, 0.3) is 0 Å². The highest BCUT2D eigenvalue weighted by Crippen LogP contribution is 2.11. The van der Waals surface area contributed by atoms with Gasteiger partial charge in [0.2, 0.25) is 5.91 Å². The van der Waals surface area contributed by atoms with Crippen LogP contribution in [0, 0.1) is 0 Å². The Bertz CT molecular complexity index is 219. The third kappa shape index (κ3) is 13.9. The Balaban J connectivity index is 3.14. The smallest absolute Gasteiger partial charge is 0.221 e. The molecule has 3 heteroatoms. The molecule has 0 spiro atoms. The van der Waals surface area contributed by atoms with E-state index in [0.717, 1.165) is 12.8 Å². The monoisotopic (exact) mass is 284 g/mol. The molecular weight excluding hydrogens is 248 g/mol. The van der Waals surface area contributed by atoms with Crippen LogP contribution in [0.3, 0.4) is 0 Å². The van der Waals surface area contributed by atoms with Crippen molar-refractivity contribution in [1.82, 2.24) is 5.32 Å². The molecule has 120 valence electrons. The maximum atomic E-state index is 11.5. The van der Waals surface area contributed by atoms with Gasteiger partial charge in [0.05, 0.1) is 6.17 Å². The summed E-state index contributed by atoms with van der Waals surface area (Å²) < 4.78 is 0. The molecule has 0 aromatic heterocycles. The first-order valence-electron chi connectivity index (χ1n) is 8.75. The van der Waals surface area contributed by atoms with Gasteiger partial charge in [-0.1, -0.05) is 78.1 Å². The van der Waals surface area contributed by atoms with Crippen LogP contribution in [0.2, 0.25) is 0 Å². The molecule has 0 fully saturated rings. The zero-order valence-corrected chi connectivity index (χ0v) is 13.8. The number of rotatable bonds is 14. The minimum atomic E-state index is -0.171. The van der Waals surface area contributed by atoms with E-state index in [1.54, 1.807) is 0 Å². The summed E-state index contributed by atoms with van der Waals surface area (Å²) in [5.74, 6) is 0.107. The first kappa shape index (κ1) is 19.4. The van der Waals surface area contributed by atoms with Gasteiger partial charge in [0.1, 0.15) is 0 Å². The van der Waals surface area contributed by atoms with Crippen LogP contribution in [-0.2, 0) is 4.79 Å². The van der Waals surface area contributed by atoms with Crippen LogP contribution in [-0.4, -0.2) is 12.1 Å². The zero-order chi connectivity index (χ0) is 15.1. The van der Waals surface area contributed by atoms with Crippen LogP contribution in [0.4, 0.5) is 0 Å². The van der Waals surface area contributed by atoms with Gasteiger partial charge in [-0.05, 0) is 12.8 Å². The molecule has 1 amide bonds. The molecule has 3 N–H and O–H groups in total. The second-order valence-corrected chi connectivity index (χ2v) is 5.87. The number of carbonyl (C=O) groups excluding carboxylic acids is 1. The minimum absolute atomic E-state index is 0.107. The summed E-state index contributed by atoms with van der Waals surface area (Å²) in [5.41, 5.74) is 5.67. The Morgan fingerprint density at radius 2 is 1.30 bits per heavy atom. The molecule has 3 nitrogen and oxygen atoms in total. The number of carbonyl (C=O) groups is 1. The van der Waals surface area contributed by atoms with Gasteiger partial charge < -0.3 is 11.1 Å². The number of hydrogen-bond acceptors (Lipinski definition) is 2. The first-order valence-corrected chi connectivity index (χ1v) is 8.75. The molecule has 0 aliphatic carbocycles. The van der Waals surface area contributed by atoms with Crippen LogP contribution < -0.4 is 11.1 Å². The predicted molar refractivity (Wildman–Crippen MR) is 87.5 cm³/mol. The average Bonchev–Trinajstić information content (AvgIpc) is 2.44. The molecule has 0 rings (SSSR count). The van der Waals surface area contributed by atoms with Crippen molar-refractivity contribution in [1.29, 1.82) is 0 Å². The Morgan fingerprint density at radius 1 is 0.850 bits per heavy atom. The first-order chi connectivity index (χ1) is 9.70. The van der Waals surface area contributed by atoms with E-state index in [-0.39, 0.29) is 12.1 Å². The summed E-state index contributed by atoms with van der Waals surface area (Å²) in [6, 6.07) is 0. The lowest BCUT2D eigenvalue weighted by molar-refractivity contribution is -0.121. The summed E-state index contributed by atoms with van der Waals surface area (Å²) >= 11 is 0. The van der Waals surface area contributed by atoms with Gasteiger partial charge in [-0.3, -0.25) is 4.79 Å². The minimum Gasteiger partial charge on any atom is -0.341 e. The van der Waals surface area contributed by atoms with Crippen molar-refractivity contribution in [3.8, 4) is 0 Å². The van der Waals surface area contributed by atoms with E-state index in [4.69, 9.17) is 5.73 Å². The molecule has 0 aliphatic rings. The molecule has 20 heavy (non-hydrogen) atoms. The maximum absolute atomic E-state index is 11.5. The standard InChI is InChI=1S/C17H36N2O/c1-3-5-6-7-8-9-10-11-12-13-14-15-17(20)19-16(18)4-2/h16H,3-15,18H2,1-2H3,(H,19,20). The molecule has 0 aromatic rings. The summed E-state index contributed by atoms with van der Waals surface area (Å²) in [6.45, 7) is 4.24. The molecular formula is C17H36N2O. The van der Waals surface area contributed by atoms with Crippen LogP contribution >= 0.6 is 0 Å². The van der Waals surface area contributed by atoms with Crippen LogP contribution in [0.25, 0.3) is 0 Å². The average molecular weight is 284 g/mol. The molecule has 0 saturated heterocycles. The fraction of sp³-hybridized carbons (Fsp3) is 0.941. The number of nitrogens with two attached hydrogens (primary N) is 1. The molecule has 1 atom stereocenters. The maximum Gasteiger partial charge on any atom is 0.221 e. The number of amides is 1. The fourth-order valence-electron chi connectivity index (χ4n) is 2.33. The SMILES string of the molecule is CCCCCCCCCCCCCC(=O)NC(N)CC. The highest BCUT2D eigenvalue weighted by molar-refractivity contribution is 5.76. The largest absolute Gasteiger partial charge is 0.341 e. The number of unbranched alkanes of at least 4 members (excludes halogenated alkanes) is 10. The van der Waals surface area contributed by atoms with E-state index in [0.29, 0.717) is 6.42 Å². The van der Waals surface area contributed by atoms with Crippen molar-refractivity contribution in [3.05, 3.63) is 0 Å². The normalized spacial score (nSPS) is 12.3. The second-order valence-electron chi connectivity index (χ2n) is 5.87. The molecule has 0 aromatic carbocycles. The molecule has 0 heterocycles. The van der Waals surface area contributed by atoms with Crippen molar-refractivity contribution in [3.63, 3.8) is 0 Å². The molecule has 1 unspecified atom stereocenters. The van der Waals surface area contributed by atoms with Crippen LogP contribution in [0.15, 0.2) is 0 Å². The van der Waals surface area contributed by atoms with Gasteiger partial charge >= 0.3 is 0 Å². The van der Waals surface area contributed by atoms with E-state index in [2.05, 4.69) is 12.2 Å². The summed E-state index contributed by atoms with van der Waals surface area (Å²) in [5, 5.41) is 2.80. The van der Waals surface area contributed by atoms with Gasteiger partial charge in [0.15, 0.2) is 0 Å². The van der Waals surface area contributed by atoms with Gasteiger partial charge in [-0.15, -0.1) is 0 Å². The Hall–Kier alpha value is -0.570. The van der Waals surface area contributed by atoms with Crippen LogP contribution in [0.5, 0.6) is 0 Å². The van der Waals surface area contributed by atoms with Crippen molar-refractivity contribution < 1.29 is 4.79 Å². The zero-order valence-electron chi connectivity index (χ0n) is 13.8. The highest BCUT2D eigenvalue weighted by atomic mass is 16.1. The lowest BCUT2D eigenvalue weighted by atomic mass is 10.1. The van der Waals surface area contributed by atoms with Crippen molar-refractivity contribution in [2.24, 2.45) is 5.73 Å². The van der Waals surface area contributed by atoms with E-state index in [1.807, 2.05) is 6.92 Å². The summed E-state index contributed by atoms with van der Waals surface area (Å²) in [4.78, 5) is 11.5. The van der Waals surface area contributed by atoms with E-state index in [1.165, 1.54) is 64.2 Å². The molecule has 0 radical (unpaired) electrons. The lowest BCUT2D eigenvalue weighted by Crippen LogP contribution is -2.40. The van der Waals surface area contributed by atoms with Gasteiger partial charge in [-0.2, -0.15) is 0 Å². The molecule has 0 aliphatic heterocycles. The second kappa shape index (κ2) is 14.8. The Kier molecular flexibility index (Phi) is 14.4. The molecule has 0 bridgehead atoms. The Labute approximate surface area is 126 Å². The highest BCUT2D eigenvalue weighted by Gasteiger charge is 2.04. The fourth-order valence-corrected chi connectivity index (χ4v) is 2.33. The Morgan fingerprint density at radius 3 is 1.75 bits per heavy atom. The summed E-state index contributed by atoms with van der Waals surface area (Å²) in [6.07, 6.45) is 15.7. The van der Waals surface area contributed by atoms with Crippen molar-refractivity contribution >= 4 is 5.91 Å². The predicted octanol–water partition coefficient (Wildman–Crippen LogP) is 4.50. The van der Waals surface area contributed by atoms with Gasteiger partial charge in [-0.25, -0.2) is 0 Å². The third-order valence-electron chi connectivity index (χ3n) is 3.79. The summed E-state index contributed by atoms with van der Waals surface area (Å²) in [7, 11) is 0. The number of hydrogen-bond donors (Lipinski definition) is 2. The van der Waals surface area contributed by atoms with Crippen LogP contribution in [0.1, 0.15) is 97.3 Å². The quantitative estimate of drug-likeness (QED) is 0.364. The van der Waals surface area contributed by atoms with E-state index < -0.39 is 0 Å². The van der Waals surface area contributed by atoms with Crippen molar-refractivity contribution in [2.45, 2.75) is 103 Å². The number of nitrogens with one attached hydrogen (secondary N) is 1. The lowest BCUT2D eigenvalue weighted by Gasteiger charge is -2.10. The molecule has 0 saturated carbocycles. The van der Waals surface area contributed by atoms with Gasteiger partial charge in [0, 0.05) is 6.42 Å². The third-order valence-corrected chi connectivity index (χ3v) is 3.79. The van der Waals surface area contributed by atoms with E-state index in [9.17, 15) is 4.79 Å². The van der Waals surface area contributed by atoms with E-state index >= 15 is 0 Å². The topological polar surface area (TPSA) is 55.1 Å². The van der Waals surface area contributed by atoms with Crippen molar-refractivity contribution in [2.75, 3.05) is 0 Å².